The van der Waals surface area contributed by atoms with Gasteiger partial charge in [-0.25, -0.2) is 4.68 Å². The molecular formula is C18H17ClN4O2. The maximum Gasteiger partial charge on any atom is 0.278 e. The summed E-state index contributed by atoms with van der Waals surface area (Å²) in [7, 11) is 0. The molecule has 0 saturated heterocycles. The third-order valence-corrected chi connectivity index (χ3v) is 4.26. The van der Waals surface area contributed by atoms with Crippen LogP contribution in [0.4, 0.5) is 0 Å². The van der Waals surface area contributed by atoms with Crippen molar-refractivity contribution >= 4 is 28.4 Å². The van der Waals surface area contributed by atoms with E-state index in [1.54, 1.807) is 18.2 Å². The van der Waals surface area contributed by atoms with Crippen LogP contribution in [0.25, 0.3) is 10.9 Å². The fourth-order valence-corrected chi connectivity index (χ4v) is 2.75. The molecular weight excluding hydrogens is 340 g/mol. The SMILES string of the molecule is Cc1ccc(C(C)NC(=O)Cn2nnc3c(Cl)cccc3c2=O)cc1. The van der Waals surface area contributed by atoms with Gasteiger partial charge in [0.15, 0.2) is 0 Å². The van der Waals surface area contributed by atoms with Crippen LogP contribution in [0.1, 0.15) is 24.1 Å². The Morgan fingerprint density at radius 3 is 2.68 bits per heavy atom. The smallest absolute Gasteiger partial charge is 0.278 e. The molecule has 1 atom stereocenters. The maximum atomic E-state index is 12.4. The summed E-state index contributed by atoms with van der Waals surface area (Å²) in [6.45, 7) is 3.69. The van der Waals surface area contributed by atoms with Crippen LogP contribution in [0.3, 0.4) is 0 Å². The second-order valence-electron chi connectivity index (χ2n) is 5.89. The Labute approximate surface area is 149 Å². The lowest BCUT2D eigenvalue weighted by Crippen LogP contribution is -2.35. The minimum atomic E-state index is -0.398. The van der Waals surface area contributed by atoms with Gasteiger partial charge in [0.1, 0.15) is 12.1 Å². The zero-order chi connectivity index (χ0) is 18.0. The van der Waals surface area contributed by atoms with Crippen molar-refractivity contribution in [1.29, 1.82) is 0 Å². The van der Waals surface area contributed by atoms with E-state index >= 15 is 0 Å². The number of fused-ring (bicyclic) bond motifs is 1. The molecule has 1 amide bonds. The lowest BCUT2D eigenvalue weighted by Gasteiger charge is -2.15. The molecule has 0 saturated carbocycles. The Hall–Kier alpha value is -2.73. The monoisotopic (exact) mass is 356 g/mol. The number of hydrogen-bond acceptors (Lipinski definition) is 4. The molecule has 0 aliphatic rings. The Bertz CT molecular complexity index is 983. The maximum absolute atomic E-state index is 12.4. The van der Waals surface area contributed by atoms with E-state index in [-0.39, 0.29) is 18.5 Å². The van der Waals surface area contributed by atoms with Gasteiger partial charge in [-0.05, 0) is 31.5 Å². The number of aromatic nitrogens is 3. The van der Waals surface area contributed by atoms with E-state index in [1.165, 1.54) is 0 Å². The molecule has 25 heavy (non-hydrogen) atoms. The van der Waals surface area contributed by atoms with E-state index in [2.05, 4.69) is 15.6 Å². The first kappa shape index (κ1) is 17.1. The van der Waals surface area contributed by atoms with Gasteiger partial charge in [-0.1, -0.05) is 52.7 Å². The van der Waals surface area contributed by atoms with E-state index in [0.29, 0.717) is 15.9 Å². The van der Waals surface area contributed by atoms with Crippen LogP contribution in [0, 0.1) is 6.92 Å². The Morgan fingerprint density at radius 1 is 1.24 bits per heavy atom. The predicted octanol–water partition coefficient (Wildman–Crippen LogP) is 2.63. The molecule has 0 fully saturated rings. The van der Waals surface area contributed by atoms with Crippen molar-refractivity contribution in [1.82, 2.24) is 20.3 Å². The first-order valence-electron chi connectivity index (χ1n) is 7.83. The van der Waals surface area contributed by atoms with Crippen molar-refractivity contribution in [2.24, 2.45) is 0 Å². The molecule has 1 aromatic heterocycles. The normalized spacial score (nSPS) is 12.1. The van der Waals surface area contributed by atoms with Crippen molar-refractivity contribution in [2.45, 2.75) is 26.4 Å². The van der Waals surface area contributed by atoms with Crippen LogP contribution in [-0.2, 0) is 11.3 Å². The highest BCUT2D eigenvalue weighted by atomic mass is 35.5. The molecule has 0 aliphatic carbocycles. The van der Waals surface area contributed by atoms with Gasteiger partial charge in [-0.2, -0.15) is 0 Å². The van der Waals surface area contributed by atoms with Crippen LogP contribution < -0.4 is 10.9 Å². The Balaban J connectivity index is 1.77. The number of hydrogen-bond donors (Lipinski definition) is 1. The molecule has 2 aromatic carbocycles. The lowest BCUT2D eigenvalue weighted by molar-refractivity contribution is -0.122. The van der Waals surface area contributed by atoms with Gasteiger partial charge in [0, 0.05) is 0 Å². The molecule has 128 valence electrons. The summed E-state index contributed by atoms with van der Waals surface area (Å²) in [5, 5.41) is 11.3. The average molecular weight is 357 g/mol. The standard InChI is InChI=1S/C18H17ClN4O2/c1-11-6-8-13(9-7-11)12(2)20-16(24)10-23-18(25)14-4-3-5-15(19)17(14)21-22-23/h3-9,12H,10H2,1-2H3,(H,20,24). The first-order chi connectivity index (χ1) is 12.0. The number of aryl methyl sites for hydroxylation is 1. The number of benzene rings is 2. The highest BCUT2D eigenvalue weighted by Crippen LogP contribution is 2.17. The quantitative estimate of drug-likeness (QED) is 0.779. The minimum Gasteiger partial charge on any atom is -0.348 e. The van der Waals surface area contributed by atoms with Gasteiger partial charge in [0.25, 0.3) is 5.56 Å². The second kappa shape index (κ2) is 7.03. The van der Waals surface area contributed by atoms with Gasteiger partial charge in [0.2, 0.25) is 5.91 Å². The molecule has 1 heterocycles. The van der Waals surface area contributed by atoms with Crippen molar-refractivity contribution < 1.29 is 4.79 Å². The number of amides is 1. The zero-order valence-corrected chi connectivity index (χ0v) is 14.6. The van der Waals surface area contributed by atoms with Crippen molar-refractivity contribution in [3.05, 3.63) is 69.0 Å². The number of nitrogens with one attached hydrogen (secondary N) is 1. The van der Waals surface area contributed by atoms with Crippen LogP contribution >= 0.6 is 11.6 Å². The van der Waals surface area contributed by atoms with Gasteiger partial charge >= 0.3 is 0 Å². The number of rotatable bonds is 4. The fourth-order valence-electron chi connectivity index (χ4n) is 2.53. The summed E-state index contributed by atoms with van der Waals surface area (Å²) < 4.78 is 1.04. The number of carbonyl (C=O) groups excluding carboxylic acids is 1. The summed E-state index contributed by atoms with van der Waals surface area (Å²) >= 11 is 6.00. The van der Waals surface area contributed by atoms with Crippen molar-refractivity contribution in [2.75, 3.05) is 0 Å². The Kier molecular flexibility index (Phi) is 4.81. The minimum absolute atomic E-state index is 0.174. The van der Waals surface area contributed by atoms with E-state index in [9.17, 15) is 9.59 Å². The number of halogens is 1. The van der Waals surface area contributed by atoms with Crippen LogP contribution in [0.2, 0.25) is 5.02 Å². The molecule has 1 N–H and O–H groups in total. The predicted molar refractivity (Wildman–Crippen MR) is 96.5 cm³/mol. The summed E-state index contributed by atoms with van der Waals surface area (Å²) in [6, 6.07) is 12.6. The molecule has 3 rings (SSSR count). The third kappa shape index (κ3) is 3.69. The molecule has 6 nitrogen and oxygen atoms in total. The third-order valence-electron chi connectivity index (χ3n) is 3.95. The molecule has 0 aliphatic heterocycles. The summed E-state index contributed by atoms with van der Waals surface area (Å²) in [5.41, 5.74) is 2.08. The number of carbonyl (C=O) groups is 1. The van der Waals surface area contributed by atoms with Crippen LogP contribution in [-0.4, -0.2) is 20.9 Å². The average Bonchev–Trinajstić information content (AvgIpc) is 2.58. The van der Waals surface area contributed by atoms with Gasteiger partial charge in [-0.15, -0.1) is 5.10 Å². The van der Waals surface area contributed by atoms with Crippen molar-refractivity contribution in [3.8, 4) is 0 Å². The summed E-state index contributed by atoms with van der Waals surface area (Å²) in [6.07, 6.45) is 0. The topological polar surface area (TPSA) is 76.9 Å². The zero-order valence-electron chi connectivity index (χ0n) is 13.9. The highest BCUT2D eigenvalue weighted by Gasteiger charge is 2.13. The van der Waals surface area contributed by atoms with E-state index in [0.717, 1.165) is 15.8 Å². The van der Waals surface area contributed by atoms with E-state index < -0.39 is 5.56 Å². The first-order valence-corrected chi connectivity index (χ1v) is 8.21. The highest BCUT2D eigenvalue weighted by molar-refractivity contribution is 6.34. The van der Waals surface area contributed by atoms with Crippen LogP contribution in [0.5, 0.6) is 0 Å². The fraction of sp³-hybridized carbons (Fsp3) is 0.222. The molecule has 0 radical (unpaired) electrons. The largest absolute Gasteiger partial charge is 0.348 e. The summed E-state index contributed by atoms with van der Waals surface area (Å²) in [4.78, 5) is 24.7. The molecule has 0 bridgehead atoms. The molecule has 3 aromatic rings. The second-order valence-corrected chi connectivity index (χ2v) is 6.30. The van der Waals surface area contributed by atoms with Gasteiger partial charge in [0.05, 0.1) is 16.5 Å². The number of nitrogens with zero attached hydrogens (tertiary/aromatic N) is 3. The molecule has 1 unspecified atom stereocenters. The van der Waals surface area contributed by atoms with Crippen LogP contribution in [0.15, 0.2) is 47.3 Å². The molecule has 7 heteroatoms. The van der Waals surface area contributed by atoms with Crippen molar-refractivity contribution in [3.63, 3.8) is 0 Å². The van der Waals surface area contributed by atoms with Gasteiger partial charge in [-0.3, -0.25) is 9.59 Å². The van der Waals surface area contributed by atoms with E-state index in [4.69, 9.17) is 11.6 Å². The van der Waals surface area contributed by atoms with E-state index in [1.807, 2.05) is 38.1 Å². The summed E-state index contributed by atoms with van der Waals surface area (Å²) in [5.74, 6) is -0.314. The Morgan fingerprint density at radius 2 is 1.96 bits per heavy atom. The van der Waals surface area contributed by atoms with Gasteiger partial charge < -0.3 is 5.32 Å². The lowest BCUT2D eigenvalue weighted by atomic mass is 10.1. The molecule has 0 spiro atoms.